The molecule has 0 fully saturated rings. The lowest BCUT2D eigenvalue weighted by Crippen LogP contribution is -2.04. The lowest BCUT2D eigenvalue weighted by molar-refractivity contribution is -0.142. The second-order valence-electron chi connectivity index (χ2n) is 5.92. The average Bonchev–Trinajstić information content (AvgIpc) is 2.52. The lowest BCUT2D eigenvalue weighted by Gasteiger charge is -2.03. The first kappa shape index (κ1) is 21.5. The SMILES string of the molecule is CCCCCCCCCCCCCCCC(=O)OCC#CBr. The first-order valence-corrected chi connectivity index (χ1v) is 9.84. The largest absolute Gasteiger partial charge is 0.452 e. The van der Waals surface area contributed by atoms with E-state index in [1.54, 1.807) is 0 Å². The molecule has 0 aromatic heterocycles. The number of ether oxygens (including phenoxy) is 1. The van der Waals surface area contributed by atoms with Crippen molar-refractivity contribution < 1.29 is 9.53 Å². The first-order valence-electron chi connectivity index (χ1n) is 9.05. The van der Waals surface area contributed by atoms with E-state index in [4.69, 9.17) is 4.74 Å². The van der Waals surface area contributed by atoms with Gasteiger partial charge in [-0.05, 0) is 17.2 Å². The van der Waals surface area contributed by atoms with Gasteiger partial charge < -0.3 is 4.74 Å². The van der Waals surface area contributed by atoms with Crippen LogP contribution < -0.4 is 0 Å². The van der Waals surface area contributed by atoms with Gasteiger partial charge in [-0.1, -0.05) is 84.0 Å². The fourth-order valence-electron chi connectivity index (χ4n) is 2.50. The smallest absolute Gasteiger partial charge is 0.306 e. The number of hydrogen-bond acceptors (Lipinski definition) is 2. The van der Waals surface area contributed by atoms with Crippen LogP contribution in [0.15, 0.2) is 0 Å². The molecule has 0 atom stereocenters. The van der Waals surface area contributed by atoms with Crippen LogP contribution >= 0.6 is 15.9 Å². The van der Waals surface area contributed by atoms with Crippen LogP contribution in [0.2, 0.25) is 0 Å². The van der Waals surface area contributed by atoms with Gasteiger partial charge in [0.1, 0.15) is 0 Å². The number of carbonyl (C=O) groups is 1. The van der Waals surface area contributed by atoms with Gasteiger partial charge in [-0.3, -0.25) is 4.79 Å². The van der Waals surface area contributed by atoms with Gasteiger partial charge in [0.2, 0.25) is 0 Å². The van der Waals surface area contributed by atoms with E-state index >= 15 is 0 Å². The molecule has 22 heavy (non-hydrogen) atoms. The van der Waals surface area contributed by atoms with Crippen LogP contribution in [-0.4, -0.2) is 12.6 Å². The molecule has 0 N–H and O–H groups in total. The summed E-state index contributed by atoms with van der Waals surface area (Å²) in [5.41, 5.74) is 0. The van der Waals surface area contributed by atoms with Crippen LogP contribution in [0.25, 0.3) is 0 Å². The third kappa shape index (κ3) is 17.6. The maximum Gasteiger partial charge on any atom is 0.306 e. The van der Waals surface area contributed by atoms with Crippen molar-refractivity contribution in [2.75, 3.05) is 6.61 Å². The van der Waals surface area contributed by atoms with Crippen molar-refractivity contribution in [2.45, 2.75) is 96.8 Å². The summed E-state index contributed by atoms with van der Waals surface area (Å²) in [4.78, 5) is 13.8. The van der Waals surface area contributed by atoms with Gasteiger partial charge in [-0.15, -0.1) is 0 Å². The summed E-state index contributed by atoms with van der Waals surface area (Å²) in [5.74, 6) is 2.53. The average molecular weight is 373 g/mol. The van der Waals surface area contributed by atoms with Crippen LogP contribution in [-0.2, 0) is 9.53 Å². The van der Waals surface area contributed by atoms with E-state index < -0.39 is 0 Å². The van der Waals surface area contributed by atoms with Gasteiger partial charge in [0.05, 0.1) is 0 Å². The molecule has 0 unspecified atom stereocenters. The van der Waals surface area contributed by atoms with Gasteiger partial charge in [0.25, 0.3) is 0 Å². The molecular weight excluding hydrogens is 340 g/mol. The molecule has 0 rings (SSSR count). The molecule has 0 radical (unpaired) electrons. The Kier molecular flexibility index (Phi) is 18.1. The predicted octanol–water partition coefficient (Wildman–Crippen LogP) is 6.37. The highest BCUT2D eigenvalue weighted by Gasteiger charge is 2.01. The third-order valence-electron chi connectivity index (χ3n) is 3.86. The van der Waals surface area contributed by atoms with Crippen molar-refractivity contribution in [3.63, 3.8) is 0 Å². The Bertz CT molecular complexity index is 304. The summed E-state index contributed by atoms with van der Waals surface area (Å²) >= 11 is 2.96. The molecule has 0 saturated heterocycles. The van der Waals surface area contributed by atoms with Crippen molar-refractivity contribution in [1.29, 1.82) is 0 Å². The first-order chi connectivity index (χ1) is 10.8. The number of unbranched alkanes of at least 4 members (excludes halogenated alkanes) is 12. The molecule has 0 spiro atoms. The Morgan fingerprint density at radius 2 is 1.27 bits per heavy atom. The second kappa shape index (κ2) is 18.6. The van der Waals surface area contributed by atoms with E-state index in [1.165, 1.54) is 70.6 Å². The summed E-state index contributed by atoms with van der Waals surface area (Å²) in [6.07, 6.45) is 17.7. The molecule has 0 amide bonds. The Labute approximate surface area is 145 Å². The van der Waals surface area contributed by atoms with E-state index in [1.807, 2.05) is 0 Å². The van der Waals surface area contributed by atoms with Gasteiger partial charge in [0, 0.05) is 22.4 Å². The third-order valence-corrected chi connectivity index (χ3v) is 4.14. The zero-order valence-electron chi connectivity index (χ0n) is 14.3. The molecule has 0 aliphatic heterocycles. The van der Waals surface area contributed by atoms with Crippen molar-refractivity contribution in [2.24, 2.45) is 0 Å². The number of esters is 1. The minimum atomic E-state index is -0.127. The minimum Gasteiger partial charge on any atom is -0.452 e. The summed E-state index contributed by atoms with van der Waals surface area (Å²) in [7, 11) is 0. The molecule has 0 aromatic carbocycles. The normalized spacial score (nSPS) is 10.1. The van der Waals surface area contributed by atoms with Crippen molar-refractivity contribution in [1.82, 2.24) is 0 Å². The van der Waals surface area contributed by atoms with Crippen LogP contribution in [0, 0.1) is 10.8 Å². The van der Waals surface area contributed by atoms with Crippen LogP contribution in [0.3, 0.4) is 0 Å². The Morgan fingerprint density at radius 1 is 0.818 bits per heavy atom. The lowest BCUT2D eigenvalue weighted by atomic mass is 10.0. The summed E-state index contributed by atoms with van der Waals surface area (Å²) in [5, 5.41) is 0. The van der Waals surface area contributed by atoms with Crippen LogP contribution in [0.1, 0.15) is 96.8 Å². The van der Waals surface area contributed by atoms with E-state index in [2.05, 4.69) is 33.6 Å². The van der Waals surface area contributed by atoms with E-state index in [-0.39, 0.29) is 12.6 Å². The zero-order chi connectivity index (χ0) is 16.3. The van der Waals surface area contributed by atoms with Gasteiger partial charge in [-0.2, -0.15) is 0 Å². The van der Waals surface area contributed by atoms with E-state index in [0.717, 1.165) is 12.8 Å². The monoisotopic (exact) mass is 372 g/mol. The van der Waals surface area contributed by atoms with Gasteiger partial charge >= 0.3 is 5.97 Å². The highest BCUT2D eigenvalue weighted by molar-refractivity contribution is 9.12. The fourth-order valence-corrected chi connectivity index (χ4v) is 2.62. The van der Waals surface area contributed by atoms with Crippen molar-refractivity contribution >= 4 is 21.9 Å². The summed E-state index contributed by atoms with van der Waals surface area (Å²) in [6.45, 7) is 2.46. The van der Waals surface area contributed by atoms with Crippen LogP contribution in [0.4, 0.5) is 0 Å². The van der Waals surface area contributed by atoms with Crippen LogP contribution in [0.5, 0.6) is 0 Å². The molecular formula is C19H33BrO2. The summed E-state index contributed by atoms with van der Waals surface area (Å²) < 4.78 is 4.95. The van der Waals surface area contributed by atoms with Gasteiger partial charge in [0.15, 0.2) is 6.61 Å². The topological polar surface area (TPSA) is 26.3 Å². The number of carbonyl (C=O) groups excluding carboxylic acids is 1. The predicted molar refractivity (Wildman–Crippen MR) is 98.0 cm³/mol. The Morgan fingerprint density at radius 3 is 1.73 bits per heavy atom. The fraction of sp³-hybridized carbons (Fsp3) is 0.842. The molecule has 128 valence electrons. The number of rotatable bonds is 15. The Balaban J connectivity index is 3.10. The number of halogens is 1. The minimum absolute atomic E-state index is 0.127. The molecule has 3 heteroatoms. The standard InChI is InChI=1S/C19H33BrO2/c1-2-3-4-5-6-7-8-9-10-11-12-13-14-16-19(21)22-18-15-17-20/h2-14,16,18H2,1H3. The molecule has 0 saturated carbocycles. The number of hydrogen-bond donors (Lipinski definition) is 0. The quantitative estimate of drug-likeness (QED) is 0.189. The van der Waals surface area contributed by atoms with E-state index in [9.17, 15) is 4.79 Å². The maximum atomic E-state index is 11.3. The summed E-state index contributed by atoms with van der Waals surface area (Å²) in [6, 6.07) is 0. The maximum absolute atomic E-state index is 11.3. The second-order valence-corrected chi connectivity index (χ2v) is 6.32. The van der Waals surface area contributed by atoms with Crippen molar-refractivity contribution in [3.8, 4) is 10.8 Å². The molecule has 0 bridgehead atoms. The molecule has 0 heterocycles. The zero-order valence-corrected chi connectivity index (χ0v) is 15.9. The Hall–Kier alpha value is -0.490. The van der Waals surface area contributed by atoms with Gasteiger partial charge in [-0.25, -0.2) is 0 Å². The molecule has 0 aromatic rings. The van der Waals surface area contributed by atoms with Crippen molar-refractivity contribution in [3.05, 3.63) is 0 Å². The molecule has 0 aliphatic rings. The molecule has 0 aliphatic carbocycles. The van der Waals surface area contributed by atoms with E-state index in [0.29, 0.717) is 6.42 Å². The highest BCUT2D eigenvalue weighted by atomic mass is 79.9. The molecule has 2 nitrogen and oxygen atoms in total. The highest BCUT2D eigenvalue weighted by Crippen LogP contribution is 2.13.